The second kappa shape index (κ2) is 3.14. The van der Waals surface area contributed by atoms with Crippen LogP contribution in [0.1, 0.15) is 24.6 Å². The molecule has 0 amide bonds. The number of hydrogen-bond donors (Lipinski definition) is 1. The summed E-state index contributed by atoms with van der Waals surface area (Å²) in [5, 5.41) is 10.1. The summed E-state index contributed by atoms with van der Waals surface area (Å²) in [5.74, 6) is -0.230. The van der Waals surface area contributed by atoms with Crippen LogP contribution in [0.25, 0.3) is 0 Å². The highest BCUT2D eigenvalue weighted by atomic mass is 79.9. The number of ketones is 1. The molecule has 4 heteroatoms. The van der Waals surface area contributed by atoms with E-state index in [1.54, 1.807) is 6.20 Å². The summed E-state index contributed by atoms with van der Waals surface area (Å²) in [4.78, 5) is 15.4. The smallest absolute Gasteiger partial charge is 0.167 e. The zero-order valence-electron chi connectivity index (χ0n) is 7.75. The molecular formula is C10H10BrNO2. The topological polar surface area (TPSA) is 50.2 Å². The minimum Gasteiger partial charge on any atom is -0.376 e. The minimum absolute atomic E-state index is 0.230. The summed E-state index contributed by atoms with van der Waals surface area (Å²) in [6.07, 6.45) is 2.76. The predicted octanol–water partition coefficient (Wildman–Crippen LogP) is 1.57. The van der Waals surface area contributed by atoms with E-state index in [9.17, 15) is 9.90 Å². The van der Waals surface area contributed by atoms with Gasteiger partial charge in [-0.25, -0.2) is 0 Å². The van der Waals surface area contributed by atoms with Crippen LogP contribution in [-0.4, -0.2) is 15.9 Å². The van der Waals surface area contributed by atoms with Gasteiger partial charge in [-0.3, -0.25) is 9.78 Å². The fourth-order valence-corrected chi connectivity index (χ4v) is 2.20. The first-order valence-electron chi connectivity index (χ1n) is 4.42. The normalized spacial score (nSPS) is 24.8. The van der Waals surface area contributed by atoms with Gasteiger partial charge in [-0.15, -0.1) is 0 Å². The van der Waals surface area contributed by atoms with E-state index in [0.29, 0.717) is 18.5 Å². The Morgan fingerprint density at radius 3 is 3.07 bits per heavy atom. The Morgan fingerprint density at radius 1 is 1.71 bits per heavy atom. The molecule has 1 heterocycles. The zero-order chi connectivity index (χ0) is 10.3. The number of aryl methyl sites for hydroxylation is 1. The minimum atomic E-state index is -1.35. The number of nitrogens with zero attached hydrogens (tertiary/aromatic N) is 1. The van der Waals surface area contributed by atoms with Crippen molar-refractivity contribution in [3.8, 4) is 0 Å². The summed E-state index contributed by atoms with van der Waals surface area (Å²) < 4.78 is 0.879. The van der Waals surface area contributed by atoms with Crippen LogP contribution in [0.2, 0.25) is 0 Å². The molecule has 0 radical (unpaired) electrons. The Labute approximate surface area is 90.3 Å². The number of Topliss-reactive ketones (excluding diaryl/α,β-unsaturated/α-hetero) is 1. The third-order valence-corrected chi connectivity index (χ3v) is 3.10. The summed E-state index contributed by atoms with van der Waals surface area (Å²) in [6.45, 7) is 1.40. The fourth-order valence-electron chi connectivity index (χ4n) is 1.82. The van der Waals surface area contributed by atoms with Crippen LogP contribution >= 0.6 is 15.9 Å². The third kappa shape index (κ3) is 1.29. The molecule has 74 valence electrons. The van der Waals surface area contributed by atoms with Crippen LogP contribution in [0, 0.1) is 0 Å². The SMILES string of the molecule is CC(=O)C1(O)CCc2cc(Br)cnc21. The lowest BCUT2D eigenvalue weighted by Crippen LogP contribution is -2.31. The van der Waals surface area contributed by atoms with Gasteiger partial charge in [-0.2, -0.15) is 0 Å². The molecule has 0 saturated carbocycles. The first kappa shape index (κ1) is 9.80. The second-order valence-electron chi connectivity index (χ2n) is 3.58. The quantitative estimate of drug-likeness (QED) is 0.829. The Kier molecular flexibility index (Phi) is 2.20. The van der Waals surface area contributed by atoms with Gasteiger partial charge in [0, 0.05) is 10.7 Å². The number of fused-ring (bicyclic) bond motifs is 1. The van der Waals surface area contributed by atoms with E-state index in [-0.39, 0.29) is 5.78 Å². The number of pyridine rings is 1. The van der Waals surface area contributed by atoms with Crippen molar-refractivity contribution in [2.45, 2.75) is 25.4 Å². The summed E-state index contributed by atoms with van der Waals surface area (Å²) in [6, 6.07) is 1.91. The summed E-state index contributed by atoms with van der Waals surface area (Å²) in [7, 11) is 0. The highest BCUT2D eigenvalue weighted by molar-refractivity contribution is 9.10. The Bertz CT molecular complexity index is 405. The molecule has 1 N–H and O–H groups in total. The standard InChI is InChI=1S/C10H10BrNO2/c1-6(13)10(14)3-2-7-4-8(11)5-12-9(7)10/h4-5,14H,2-3H2,1H3. The fraction of sp³-hybridized carbons (Fsp3) is 0.400. The predicted molar refractivity (Wildman–Crippen MR) is 54.8 cm³/mol. The van der Waals surface area contributed by atoms with E-state index in [1.807, 2.05) is 6.07 Å². The first-order chi connectivity index (χ1) is 6.54. The van der Waals surface area contributed by atoms with Crippen LogP contribution < -0.4 is 0 Å². The van der Waals surface area contributed by atoms with E-state index in [2.05, 4.69) is 20.9 Å². The summed E-state index contributed by atoms with van der Waals surface area (Å²) >= 11 is 3.31. The molecule has 1 aliphatic rings. The average molecular weight is 256 g/mol. The van der Waals surface area contributed by atoms with Crippen molar-refractivity contribution in [3.63, 3.8) is 0 Å². The van der Waals surface area contributed by atoms with Gasteiger partial charge in [0.15, 0.2) is 11.4 Å². The molecule has 1 aromatic rings. The van der Waals surface area contributed by atoms with Crippen molar-refractivity contribution >= 4 is 21.7 Å². The van der Waals surface area contributed by atoms with Gasteiger partial charge in [0.2, 0.25) is 0 Å². The first-order valence-corrected chi connectivity index (χ1v) is 5.21. The van der Waals surface area contributed by atoms with Gasteiger partial charge >= 0.3 is 0 Å². The van der Waals surface area contributed by atoms with Crippen molar-refractivity contribution in [1.82, 2.24) is 4.98 Å². The molecule has 1 aliphatic carbocycles. The van der Waals surface area contributed by atoms with E-state index >= 15 is 0 Å². The number of halogens is 1. The molecule has 0 bridgehead atoms. The van der Waals surface area contributed by atoms with Crippen LogP contribution in [0.4, 0.5) is 0 Å². The molecule has 0 aliphatic heterocycles. The molecule has 14 heavy (non-hydrogen) atoms. The van der Waals surface area contributed by atoms with E-state index in [4.69, 9.17) is 0 Å². The van der Waals surface area contributed by atoms with E-state index in [1.165, 1.54) is 6.92 Å². The number of aliphatic hydroxyl groups is 1. The number of hydrogen-bond acceptors (Lipinski definition) is 3. The lowest BCUT2D eigenvalue weighted by molar-refractivity contribution is -0.136. The van der Waals surface area contributed by atoms with Gasteiger partial charge in [-0.05, 0) is 47.3 Å². The molecule has 1 aromatic heterocycles. The van der Waals surface area contributed by atoms with Gasteiger partial charge in [0.05, 0.1) is 5.69 Å². The number of carbonyl (C=O) groups excluding carboxylic acids is 1. The molecule has 0 saturated heterocycles. The van der Waals surface area contributed by atoms with Gasteiger partial charge < -0.3 is 5.11 Å². The lowest BCUT2D eigenvalue weighted by Gasteiger charge is -2.18. The molecule has 3 nitrogen and oxygen atoms in total. The maximum absolute atomic E-state index is 11.3. The van der Waals surface area contributed by atoms with E-state index < -0.39 is 5.60 Å². The van der Waals surface area contributed by atoms with Crippen LogP contribution in [0.3, 0.4) is 0 Å². The monoisotopic (exact) mass is 255 g/mol. The van der Waals surface area contributed by atoms with Crippen LogP contribution in [0.5, 0.6) is 0 Å². The average Bonchev–Trinajstić information content (AvgIpc) is 2.45. The number of carbonyl (C=O) groups is 1. The maximum atomic E-state index is 11.3. The largest absolute Gasteiger partial charge is 0.376 e. The molecule has 1 atom stereocenters. The highest BCUT2D eigenvalue weighted by Crippen LogP contribution is 2.36. The molecule has 0 fully saturated rings. The van der Waals surface area contributed by atoms with Gasteiger partial charge in [0.25, 0.3) is 0 Å². The zero-order valence-corrected chi connectivity index (χ0v) is 9.34. The molecule has 2 rings (SSSR count). The van der Waals surface area contributed by atoms with Crippen molar-refractivity contribution < 1.29 is 9.90 Å². The van der Waals surface area contributed by atoms with Crippen molar-refractivity contribution in [1.29, 1.82) is 0 Å². The van der Waals surface area contributed by atoms with Crippen molar-refractivity contribution in [2.75, 3.05) is 0 Å². The van der Waals surface area contributed by atoms with Gasteiger partial charge in [0.1, 0.15) is 0 Å². The Balaban J connectivity index is 2.55. The third-order valence-electron chi connectivity index (χ3n) is 2.66. The van der Waals surface area contributed by atoms with Crippen LogP contribution in [-0.2, 0) is 16.8 Å². The second-order valence-corrected chi connectivity index (χ2v) is 4.49. The molecular weight excluding hydrogens is 246 g/mol. The van der Waals surface area contributed by atoms with Crippen molar-refractivity contribution in [2.24, 2.45) is 0 Å². The maximum Gasteiger partial charge on any atom is 0.167 e. The Morgan fingerprint density at radius 2 is 2.43 bits per heavy atom. The Hall–Kier alpha value is -0.740. The lowest BCUT2D eigenvalue weighted by atomic mass is 9.96. The number of rotatable bonds is 1. The molecule has 1 unspecified atom stereocenters. The molecule has 0 spiro atoms. The summed E-state index contributed by atoms with van der Waals surface area (Å²) in [5.41, 5.74) is 0.126. The van der Waals surface area contributed by atoms with Gasteiger partial charge in [-0.1, -0.05) is 0 Å². The van der Waals surface area contributed by atoms with Crippen molar-refractivity contribution in [3.05, 3.63) is 28.0 Å². The number of aromatic nitrogens is 1. The van der Waals surface area contributed by atoms with Crippen LogP contribution in [0.15, 0.2) is 16.7 Å². The van der Waals surface area contributed by atoms with E-state index in [0.717, 1.165) is 10.0 Å². The highest BCUT2D eigenvalue weighted by Gasteiger charge is 2.42. The molecule has 0 aromatic carbocycles.